The van der Waals surface area contributed by atoms with Crippen molar-refractivity contribution in [3.8, 4) is 0 Å². The van der Waals surface area contributed by atoms with Crippen LogP contribution in [0.25, 0.3) is 0 Å². The largest absolute Gasteiger partial charge is 0.458 e. The minimum atomic E-state index is -0.555. The number of hydrogen-bond acceptors (Lipinski definition) is 6. The summed E-state index contributed by atoms with van der Waals surface area (Å²) >= 11 is 2.09. The zero-order valence-electron chi connectivity index (χ0n) is 15.5. The van der Waals surface area contributed by atoms with Gasteiger partial charge in [-0.1, -0.05) is 22.6 Å². The van der Waals surface area contributed by atoms with E-state index < -0.39 is 11.7 Å². The lowest BCUT2D eigenvalue weighted by Gasteiger charge is -2.40. The van der Waals surface area contributed by atoms with Gasteiger partial charge in [0.2, 0.25) is 0 Å². The van der Waals surface area contributed by atoms with Gasteiger partial charge in [-0.15, -0.1) is 0 Å². The van der Waals surface area contributed by atoms with Gasteiger partial charge in [0.05, 0.1) is 12.6 Å². The van der Waals surface area contributed by atoms with E-state index in [4.69, 9.17) is 18.9 Å². The maximum absolute atomic E-state index is 12.3. The predicted octanol–water partition coefficient (Wildman–Crippen LogP) is 3.11. The Morgan fingerprint density at radius 3 is 2.56 bits per heavy atom. The highest BCUT2D eigenvalue weighted by Crippen LogP contribution is 2.28. The highest BCUT2D eigenvalue weighted by atomic mass is 127. The number of amides is 1. The van der Waals surface area contributed by atoms with Crippen LogP contribution in [0, 0.1) is 5.92 Å². The second kappa shape index (κ2) is 10.3. The zero-order valence-corrected chi connectivity index (χ0v) is 17.6. The average Bonchev–Trinajstić information content (AvgIpc) is 2.50. The number of ether oxygens (including phenoxy) is 4. The molecule has 1 saturated heterocycles. The molecule has 3 atom stereocenters. The van der Waals surface area contributed by atoms with E-state index >= 15 is 0 Å². The summed E-state index contributed by atoms with van der Waals surface area (Å²) in [6.45, 7) is 7.85. The summed E-state index contributed by atoms with van der Waals surface area (Å²) in [5.74, 6) is -0.414. The van der Waals surface area contributed by atoms with Crippen LogP contribution >= 0.6 is 22.6 Å². The van der Waals surface area contributed by atoms with E-state index in [1.54, 1.807) is 4.90 Å². The van der Waals surface area contributed by atoms with Crippen molar-refractivity contribution in [1.82, 2.24) is 4.90 Å². The molecule has 0 radical (unpaired) electrons. The van der Waals surface area contributed by atoms with Crippen LogP contribution < -0.4 is 0 Å². The molecule has 8 heteroatoms. The second-order valence-corrected chi connectivity index (χ2v) is 7.60. The van der Waals surface area contributed by atoms with Crippen molar-refractivity contribution >= 4 is 34.7 Å². The molecule has 25 heavy (non-hydrogen) atoms. The van der Waals surface area contributed by atoms with Crippen molar-refractivity contribution in [2.75, 3.05) is 27.0 Å². The van der Waals surface area contributed by atoms with Crippen LogP contribution in [0.4, 0.5) is 4.79 Å². The van der Waals surface area contributed by atoms with E-state index in [-0.39, 0.29) is 30.9 Å². The van der Waals surface area contributed by atoms with Crippen LogP contribution in [0.1, 0.15) is 34.1 Å². The van der Waals surface area contributed by atoms with Crippen LogP contribution in [0.15, 0.2) is 10.2 Å². The molecule has 0 N–H and O–H groups in total. The van der Waals surface area contributed by atoms with Gasteiger partial charge in [-0.2, -0.15) is 0 Å². The van der Waals surface area contributed by atoms with E-state index in [1.165, 1.54) is 14.0 Å². The second-order valence-electron chi connectivity index (χ2n) is 6.88. The number of piperidine rings is 1. The lowest BCUT2D eigenvalue weighted by atomic mass is 9.88. The summed E-state index contributed by atoms with van der Waals surface area (Å²) in [7, 11) is 1.54. The quantitative estimate of drug-likeness (QED) is 0.338. The molecule has 0 aromatic rings. The SMILES string of the molecule is COCOC1CN(C(=O)OC(C)(C)C)CCC1C(C=CI)OC(C)=O. The molecule has 1 aliphatic heterocycles. The number of rotatable bonds is 6. The molecule has 144 valence electrons. The van der Waals surface area contributed by atoms with Crippen molar-refractivity contribution < 1.29 is 28.5 Å². The minimum absolute atomic E-state index is 0.0660. The summed E-state index contributed by atoms with van der Waals surface area (Å²) in [6, 6.07) is 0. The number of carbonyl (C=O) groups excluding carboxylic acids is 2. The van der Waals surface area contributed by atoms with Gasteiger partial charge in [0.15, 0.2) is 0 Å². The fourth-order valence-electron chi connectivity index (χ4n) is 2.67. The van der Waals surface area contributed by atoms with Crippen molar-refractivity contribution in [3.63, 3.8) is 0 Å². The molecule has 1 fully saturated rings. The summed E-state index contributed by atoms with van der Waals surface area (Å²) in [4.78, 5) is 25.4. The third-order valence-electron chi connectivity index (χ3n) is 3.65. The molecule has 0 bridgehead atoms. The third kappa shape index (κ3) is 7.91. The Balaban J connectivity index is 2.86. The Bertz CT molecular complexity index is 476. The van der Waals surface area contributed by atoms with Gasteiger partial charge in [0.25, 0.3) is 0 Å². The zero-order chi connectivity index (χ0) is 19.0. The number of esters is 1. The molecule has 1 aliphatic rings. The first kappa shape index (κ1) is 22.2. The molecular formula is C17H28INO6. The Morgan fingerprint density at radius 2 is 2.04 bits per heavy atom. The molecule has 0 spiro atoms. The summed E-state index contributed by atoms with van der Waals surface area (Å²) in [5.41, 5.74) is -0.555. The molecule has 1 heterocycles. The molecule has 1 amide bonds. The number of methoxy groups -OCH3 is 1. The Hall–Kier alpha value is -0.870. The number of carbonyl (C=O) groups is 2. The minimum Gasteiger partial charge on any atom is -0.458 e. The molecule has 0 aromatic carbocycles. The van der Waals surface area contributed by atoms with Gasteiger partial charge >= 0.3 is 12.1 Å². The maximum atomic E-state index is 12.3. The van der Waals surface area contributed by atoms with Gasteiger partial charge in [-0.25, -0.2) is 4.79 Å². The first-order valence-electron chi connectivity index (χ1n) is 8.20. The molecule has 3 unspecified atom stereocenters. The average molecular weight is 469 g/mol. The van der Waals surface area contributed by atoms with Gasteiger partial charge in [-0.3, -0.25) is 4.79 Å². The monoisotopic (exact) mass is 469 g/mol. The molecule has 1 rings (SSSR count). The van der Waals surface area contributed by atoms with Gasteiger partial charge in [0.1, 0.15) is 18.5 Å². The van der Waals surface area contributed by atoms with E-state index in [0.29, 0.717) is 19.5 Å². The van der Waals surface area contributed by atoms with E-state index in [0.717, 1.165) is 0 Å². The lowest BCUT2D eigenvalue weighted by Crippen LogP contribution is -2.52. The van der Waals surface area contributed by atoms with Gasteiger partial charge in [0, 0.05) is 26.5 Å². The Morgan fingerprint density at radius 1 is 1.36 bits per heavy atom. The lowest BCUT2D eigenvalue weighted by molar-refractivity contribution is -0.158. The van der Waals surface area contributed by atoms with Crippen LogP contribution in [-0.2, 0) is 23.7 Å². The summed E-state index contributed by atoms with van der Waals surface area (Å²) < 4.78 is 23.5. The van der Waals surface area contributed by atoms with Gasteiger partial charge < -0.3 is 23.8 Å². The number of likely N-dealkylation sites (tertiary alicyclic amines) is 1. The van der Waals surface area contributed by atoms with Crippen molar-refractivity contribution in [2.45, 2.75) is 51.9 Å². The van der Waals surface area contributed by atoms with Crippen LogP contribution in [0.3, 0.4) is 0 Å². The van der Waals surface area contributed by atoms with Crippen molar-refractivity contribution in [3.05, 3.63) is 10.2 Å². The fraction of sp³-hybridized carbons (Fsp3) is 0.765. The molecule has 7 nitrogen and oxygen atoms in total. The van der Waals surface area contributed by atoms with Crippen LogP contribution in [0.5, 0.6) is 0 Å². The first-order valence-corrected chi connectivity index (χ1v) is 9.45. The standard InChI is InChI=1S/C17H28INO6/c1-12(20)24-14(6-8-18)13-7-9-19(10-15(13)23-11-22-5)16(21)25-17(2,3)4/h6,8,13-15H,7,9-11H2,1-5H3. The van der Waals surface area contributed by atoms with E-state index in [9.17, 15) is 9.59 Å². The molecule has 0 saturated carbocycles. The van der Waals surface area contributed by atoms with Crippen LogP contribution in [-0.4, -0.2) is 61.8 Å². The first-order chi connectivity index (χ1) is 11.7. The number of nitrogens with zero attached hydrogens (tertiary/aromatic N) is 1. The predicted molar refractivity (Wildman–Crippen MR) is 101 cm³/mol. The van der Waals surface area contributed by atoms with Gasteiger partial charge in [-0.05, 0) is 37.4 Å². The third-order valence-corrected chi connectivity index (χ3v) is 4.06. The van der Waals surface area contributed by atoms with Crippen LogP contribution in [0.2, 0.25) is 0 Å². The topological polar surface area (TPSA) is 74.3 Å². The normalized spacial score (nSPS) is 22.7. The fourth-order valence-corrected chi connectivity index (χ4v) is 3.08. The molecule has 0 aromatic heterocycles. The highest BCUT2D eigenvalue weighted by Gasteiger charge is 2.38. The summed E-state index contributed by atoms with van der Waals surface area (Å²) in [5, 5.41) is 0. The van der Waals surface area contributed by atoms with E-state index in [1.807, 2.05) is 30.9 Å². The molecule has 0 aliphatic carbocycles. The smallest absolute Gasteiger partial charge is 0.410 e. The summed E-state index contributed by atoms with van der Waals surface area (Å²) in [6.07, 6.45) is 1.37. The van der Waals surface area contributed by atoms with E-state index in [2.05, 4.69) is 22.6 Å². The number of hydrogen-bond donors (Lipinski definition) is 0. The molecular weight excluding hydrogens is 441 g/mol. The maximum Gasteiger partial charge on any atom is 0.410 e. The Labute approximate surface area is 163 Å². The van der Waals surface area contributed by atoms with Crippen molar-refractivity contribution in [2.24, 2.45) is 5.92 Å². The Kier molecular flexibility index (Phi) is 9.15. The van der Waals surface area contributed by atoms with Crippen molar-refractivity contribution in [1.29, 1.82) is 0 Å². The highest BCUT2D eigenvalue weighted by molar-refractivity contribution is 14.1. The number of halogens is 1.